The molecule has 13 aromatic rings. The quantitative estimate of drug-likeness (QED) is 0.174. The predicted octanol–water partition coefficient (Wildman–Crippen LogP) is 16.0. The van der Waals surface area contributed by atoms with Crippen LogP contribution < -0.4 is 0 Å². The maximum absolute atomic E-state index is 6.57. The van der Waals surface area contributed by atoms with Crippen LogP contribution in [0.25, 0.3) is 129 Å². The fraction of sp³-hybridized carbons (Fsp3) is 0. The second kappa shape index (κ2) is 13.5. The Labute approximate surface area is 357 Å². The smallest absolute Gasteiger partial charge is 0.164 e. The van der Waals surface area contributed by atoms with Crippen LogP contribution in [0.5, 0.6) is 0 Å². The van der Waals surface area contributed by atoms with E-state index in [1.165, 1.54) is 62.4 Å². The molecule has 0 unspecified atom stereocenters. The number of rotatable bonds is 5. The Bertz CT molecular complexity index is 3900. The molecule has 9 aromatic carbocycles. The van der Waals surface area contributed by atoms with E-state index in [4.69, 9.17) is 19.4 Å². The third-order valence-electron chi connectivity index (χ3n) is 11.9. The largest absolute Gasteiger partial charge is 0.456 e. The first-order valence-electron chi connectivity index (χ1n) is 20.3. The average Bonchev–Trinajstić information content (AvgIpc) is 4.02. The third kappa shape index (κ3) is 5.61. The summed E-state index contributed by atoms with van der Waals surface area (Å²) in [5.41, 5.74) is 9.15. The van der Waals surface area contributed by atoms with E-state index in [1.54, 1.807) is 0 Å². The van der Waals surface area contributed by atoms with Crippen LogP contribution in [0.3, 0.4) is 0 Å². The summed E-state index contributed by atoms with van der Waals surface area (Å²) >= 11 is 3.71. The van der Waals surface area contributed by atoms with Gasteiger partial charge in [0.1, 0.15) is 11.2 Å². The van der Waals surface area contributed by atoms with Crippen molar-refractivity contribution in [2.45, 2.75) is 0 Å². The number of benzene rings is 9. The molecule has 0 bridgehead atoms. The molecule has 6 heteroatoms. The van der Waals surface area contributed by atoms with Crippen LogP contribution >= 0.6 is 22.7 Å². The molecule has 0 saturated heterocycles. The Balaban J connectivity index is 0.973. The van der Waals surface area contributed by atoms with E-state index < -0.39 is 0 Å². The zero-order valence-corrected chi connectivity index (χ0v) is 34.1. The molecule has 61 heavy (non-hydrogen) atoms. The van der Waals surface area contributed by atoms with Gasteiger partial charge in [-0.2, -0.15) is 0 Å². The first-order valence-corrected chi connectivity index (χ1v) is 22.0. The molecule has 0 aliphatic rings. The van der Waals surface area contributed by atoms with Crippen molar-refractivity contribution in [3.63, 3.8) is 0 Å². The monoisotopic (exact) mass is 813 g/mol. The van der Waals surface area contributed by atoms with Crippen LogP contribution in [0, 0.1) is 0 Å². The van der Waals surface area contributed by atoms with Gasteiger partial charge in [-0.1, -0.05) is 133 Å². The van der Waals surface area contributed by atoms with E-state index in [-0.39, 0.29) is 0 Å². The highest BCUT2D eigenvalue weighted by Gasteiger charge is 2.20. The summed E-state index contributed by atoms with van der Waals surface area (Å²) in [6.45, 7) is 0. The van der Waals surface area contributed by atoms with Gasteiger partial charge in [0.2, 0.25) is 0 Å². The molecule has 0 radical (unpaired) electrons. The Kier molecular flexibility index (Phi) is 7.61. The van der Waals surface area contributed by atoms with Crippen LogP contribution in [-0.4, -0.2) is 15.0 Å². The van der Waals surface area contributed by atoms with Gasteiger partial charge in [0.15, 0.2) is 17.5 Å². The van der Waals surface area contributed by atoms with Crippen LogP contribution in [0.15, 0.2) is 192 Å². The first-order chi connectivity index (χ1) is 30.2. The number of aromatic nitrogens is 3. The minimum Gasteiger partial charge on any atom is -0.456 e. The maximum atomic E-state index is 6.57. The van der Waals surface area contributed by atoms with Crippen molar-refractivity contribution in [1.82, 2.24) is 15.0 Å². The molecule has 4 nitrogen and oxygen atoms in total. The Morgan fingerprint density at radius 2 is 0.967 bits per heavy atom. The van der Waals surface area contributed by atoms with Crippen molar-refractivity contribution in [1.29, 1.82) is 0 Å². The van der Waals surface area contributed by atoms with Crippen molar-refractivity contribution >= 4 is 95.7 Å². The second-order valence-corrected chi connectivity index (χ2v) is 17.7. The molecule has 0 amide bonds. The Morgan fingerprint density at radius 1 is 0.311 bits per heavy atom. The van der Waals surface area contributed by atoms with Crippen molar-refractivity contribution in [3.05, 3.63) is 188 Å². The summed E-state index contributed by atoms with van der Waals surface area (Å²) in [6, 6.07) is 66.9. The van der Waals surface area contributed by atoms with E-state index in [2.05, 4.69) is 146 Å². The number of hydrogen-bond donors (Lipinski definition) is 0. The molecule has 4 aromatic heterocycles. The Morgan fingerprint density at radius 3 is 1.90 bits per heavy atom. The summed E-state index contributed by atoms with van der Waals surface area (Å²) in [7, 11) is 0. The van der Waals surface area contributed by atoms with Gasteiger partial charge in [-0.05, 0) is 87.6 Å². The molecule has 0 spiro atoms. The molecule has 13 rings (SSSR count). The highest BCUT2D eigenvalue weighted by molar-refractivity contribution is 7.26. The SMILES string of the molecule is c1ccc(-c2nc(-c3ccc4ccccc4c3)nc(-c3cccc4oc5ccc(-c6cccc7sc8ccc(-c9ccc%10c(c9)sc9ccccc9%10)cc8c67)cc5c34)n2)cc1. The molecule has 0 N–H and O–H groups in total. The first kappa shape index (κ1) is 34.4. The van der Waals surface area contributed by atoms with E-state index in [1.807, 2.05) is 65.1 Å². The Hall–Kier alpha value is -7.51. The van der Waals surface area contributed by atoms with E-state index in [0.717, 1.165) is 49.6 Å². The second-order valence-electron chi connectivity index (χ2n) is 15.5. The average molecular weight is 814 g/mol. The number of thiophene rings is 2. The van der Waals surface area contributed by atoms with E-state index >= 15 is 0 Å². The minimum absolute atomic E-state index is 0.600. The summed E-state index contributed by atoms with van der Waals surface area (Å²) in [6.07, 6.45) is 0. The van der Waals surface area contributed by atoms with Gasteiger partial charge >= 0.3 is 0 Å². The summed E-state index contributed by atoms with van der Waals surface area (Å²) < 4.78 is 11.8. The molecule has 0 saturated carbocycles. The lowest BCUT2D eigenvalue weighted by molar-refractivity contribution is 0.669. The van der Waals surface area contributed by atoms with Crippen LogP contribution in [0.2, 0.25) is 0 Å². The van der Waals surface area contributed by atoms with Gasteiger partial charge in [-0.25, -0.2) is 15.0 Å². The normalized spacial score (nSPS) is 11.9. The summed E-state index contributed by atoms with van der Waals surface area (Å²) in [5.74, 6) is 1.85. The van der Waals surface area contributed by atoms with Crippen molar-refractivity contribution in [3.8, 4) is 56.4 Å². The minimum atomic E-state index is 0.600. The van der Waals surface area contributed by atoms with Crippen LogP contribution in [0.4, 0.5) is 0 Å². The lowest BCUT2D eigenvalue weighted by Gasteiger charge is -2.10. The number of nitrogens with zero attached hydrogens (tertiary/aromatic N) is 3. The molecule has 4 heterocycles. The van der Waals surface area contributed by atoms with Gasteiger partial charge < -0.3 is 4.42 Å². The number of furan rings is 1. The van der Waals surface area contributed by atoms with Crippen LogP contribution in [-0.2, 0) is 0 Å². The summed E-state index contributed by atoms with van der Waals surface area (Å²) in [5, 5.41) is 9.48. The molecule has 0 fully saturated rings. The van der Waals surface area contributed by atoms with Gasteiger partial charge in [0.25, 0.3) is 0 Å². The zero-order chi connectivity index (χ0) is 40.0. The summed E-state index contributed by atoms with van der Waals surface area (Å²) in [4.78, 5) is 15.4. The number of fused-ring (bicyclic) bond motifs is 10. The third-order valence-corrected chi connectivity index (χ3v) is 14.2. The molecule has 0 atom stereocenters. The van der Waals surface area contributed by atoms with Crippen molar-refractivity contribution in [2.75, 3.05) is 0 Å². The number of hydrogen-bond acceptors (Lipinski definition) is 6. The van der Waals surface area contributed by atoms with E-state index in [0.29, 0.717) is 17.5 Å². The molecule has 0 aliphatic carbocycles. The lowest BCUT2D eigenvalue weighted by atomic mass is 9.95. The maximum Gasteiger partial charge on any atom is 0.164 e. The molecule has 0 aliphatic heterocycles. The fourth-order valence-corrected chi connectivity index (χ4v) is 11.3. The van der Waals surface area contributed by atoms with Crippen LogP contribution in [0.1, 0.15) is 0 Å². The van der Waals surface area contributed by atoms with Gasteiger partial charge in [0.05, 0.1) is 0 Å². The highest BCUT2D eigenvalue weighted by Crippen LogP contribution is 2.45. The van der Waals surface area contributed by atoms with Crippen molar-refractivity contribution < 1.29 is 4.42 Å². The highest BCUT2D eigenvalue weighted by atomic mass is 32.1. The van der Waals surface area contributed by atoms with Crippen molar-refractivity contribution in [2.24, 2.45) is 0 Å². The van der Waals surface area contributed by atoms with Gasteiger partial charge in [-0.3, -0.25) is 0 Å². The predicted molar refractivity (Wildman–Crippen MR) is 258 cm³/mol. The molecule has 284 valence electrons. The standard InChI is InChI=1S/C55H31N3OS2/c1-2-11-33(12-3-1)53-56-54(38-21-20-32-10-4-5-13-34(32)28-38)58-55(57-53)42-16-8-17-46-51(42)43-30-37(23-26-45(43)59-46)39-15-9-19-49-52(39)44-29-35(24-27-48(44)60-49)36-22-25-41-40-14-6-7-18-47(40)61-50(41)31-36/h1-31H. The molecular formula is C55H31N3OS2. The topological polar surface area (TPSA) is 51.8 Å². The van der Waals surface area contributed by atoms with Gasteiger partial charge in [0, 0.05) is 67.8 Å². The lowest BCUT2D eigenvalue weighted by Crippen LogP contribution is -2.00. The fourth-order valence-electron chi connectivity index (χ4n) is 9.00. The zero-order valence-electron chi connectivity index (χ0n) is 32.5. The van der Waals surface area contributed by atoms with Gasteiger partial charge in [-0.15, -0.1) is 22.7 Å². The molecular weight excluding hydrogens is 783 g/mol. The van der Waals surface area contributed by atoms with E-state index in [9.17, 15) is 0 Å².